The number of rotatable bonds is 6. The highest BCUT2D eigenvalue weighted by Gasteiger charge is 2.35. The van der Waals surface area contributed by atoms with Gasteiger partial charge in [0.2, 0.25) is 0 Å². The van der Waals surface area contributed by atoms with E-state index in [0.717, 1.165) is 69.8 Å². The first-order chi connectivity index (χ1) is 21.6. The highest BCUT2D eigenvalue weighted by atomic mass is 15.0. The van der Waals surface area contributed by atoms with Gasteiger partial charge >= 0.3 is 0 Å². The number of benzene rings is 4. The van der Waals surface area contributed by atoms with Crippen LogP contribution in [-0.4, -0.2) is 24.9 Å². The van der Waals surface area contributed by atoms with Crippen molar-refractivity contribution in [3.63, 3.8) is 0 Å². The predicted molar refractivity (Wildman–Crippen MR) is 177 cm³/mol. The van der Waals surface area contributed by atoms with Crippen molar-refractivity contribution in [2.75, 3.05) is 0 Å². The van der Waals surface area contributed by atoms with Gasteiger partial charge in [-0.3, -0.25) is 0 Å². The molecule has 0 atom stereocenters. The van der Waals surface area contributed by atoms with Crippen molar-refractivity contribution in [3.05, 3.63) is 138 Å². The van der Waals surface area contributed by atoms with Crippen molar-refractivity contribution in [2.24, 2.45) is 0 Å². The zero-order valence-corrected chi connectivity index (χ0v) is 25.2. The maximum atomic E-state index is 5.04. The molecular weight excluding hydrogens is 538 g/mol. The summed E-state index contributed by atoms with van der Waals surface area (Å²) in [5, 5.41) is 0. The largest absolute Gasteiger partial charge is 0.228 e. The average Bonchev–Trinajstić information content (AvgIpc) is 3.09. The first-order valence-corrected chi connectivity index (χ1v) is 15.5. The summed E-state index contributed by atoms with van der Waals surface area (Å²) in [6, 6.07) is 40.7. The van der Waals surface area contributed by atoms with Gasteiger partial charge < -0.3 is 0 Å². The molecule has 2 aromatic heterocycles. The SMILES string of the molecule is Cc1nc(C)nc(-c2ccc(C3(c4ccc(-c5cc(-c6ccccc6)nc(-c6ccccc6)n5)cc4)CCCCC3)cc2)n1. The monoisotopic (exact) mass is 573 g/mol. The summed E-state index contributed by atoms with van der Waals surface area (Å²) in [7, 11) is 0. The fourth-order valence-corrected chi connectivity index (χ4v) is 6.61. The smallest absolute Gasteiger partial charge is 0.163 e. The fraction of sp³-hybridized carbons (Fsp3) is 0.205. The molecule has 1 saturated carbocycles. The van der Waals surface area contributed by atoms with E-state index < -0.39 is 0 Å². The van der Waals surface area contributed by atoms with E-state index >= 15 is 0 Å². The summed E-state index contributed by atoms with van der Waals surface area (Å²) in [6.45, 7) is 3.83. The molecule has 7 rings (SSSR count). The van der Waals surface area contributed by atoms with Crippen molar-refractivity contribution in [1.29, 1.82) is 0 Å². The van der Waals surface area contributed by atoms with Crippen LogP contribution in [0.1, 0.15) is 54.9 Å². The molecule has 0 amide bonds. The van der Waals surface area contributed by atoms with Crippen LogP contribution in [-0.2, 0) is 5.41 Å². The van der Waals surface area contributed by atoms with E-state index in [4.69, 9.17) is 9.97 Å². The maximum Gasteiger partial charge on any atom is 0.163 e. The summed E-state index contributed by atoms with van der Waals surface area (Å²) in [4.78, 5) is 23.5. The van der Waals surface area contributed by atoms with Gasteiger partial charge in [0, 0.05) is 27.7 Å². The number of hydrogen-bond acceptors (Lipinski definition) is 5. The maximum absolute atomic E-state index is 5.04. The minimum atomic E-state index is -0.0175. The van der Waals surface area contributed by atoms with E-state index in [-0.39, 0.29) is 5.41 Å². The Bertz CT molecular complexity index is 1800. The molecule has 0 bridgehead atoms. The Morgan fingerprint density at radius 1 is 0.432 bits per heavy atom. The van der Waals surface area contributed by atoms with Crippen molar-refractivity contribution in [2.45, 2.75) is 51.4 Å². The van der Waals surface area contributed by atoms with Crippen LogP contribution in [0.3, 0.4) is 0 Å². The molecule has 0 N–H and O–H groups in total. The van der Waals surface area contributed by atoms with Crippen LogP contribution in [0.25, 0.3) is 45.3 Å². The summed E-state index contributed by atoms with van der Waals surface area (Å²) >= 11 is 0. The van der Waals surface area contributed by atoms with E-state index in [1.807, 2.05) is 38.1 Å². The fourth-order valence-electron chi connectivity index (χ4n) is 6.61. The molecule has 0 radical (unpaired) electrons. The second-order valence-electron chi connectivity index (χ2n) is 11.7. The van der Waals surface area contributed by atoms with Gasteiger partial charge in [0.15, 0.2) is 11.6 Å². The van der Waals surface area contributed by atoms with E-state index in [1.165, 1.54) is 30.4 Å². The lowest BCUT2D eigenvalue weighted by molar-refractivity contribution is 0.346. The normalized spacial score (nSPS) is 14.3. The topological polar surface area (TPSA) is 64.5 Å². The molecule has 0 aliphatic heterocycles. The molecule has 2 heterocycles. The average molecular weight is 574 g/mol. The molecule has 4 aromatic carbocycles. The second kappa shape index (κ2) is 11.9. The van der Waals surface area contributed by atoms with Gasteiger partial charge in [0.25, 0.3) is 0 Å². The Labute approximate surface area is 259 Å². The van der Waals surface area contributed by atoms with Gasteiger partial charge in [0.05, 0.1) is 11.4 Å². The number of hydrogen-bond donors (Lipinski definition) is 0. The molecule has 5 heteroatoms. The van der Waals surface area contributed by atoms with Gasteiger partial charge in [-0.05, 0) is 43.9 Å². The second-order valence-corrected chi connectivity index (χ2v) is 11.7. The molecule has 216 valence electrons. The van der Waals surface area contributed by atoms with Crippen molar-refractivity contribution >= 4 is 0 Å². The summed E-state index contributed by atoms with van der Waals surface area (Å²) in [6.07, 6.45) is 6.01. The Balaban J connectivity index is 1.26. The zero-order chi connectivity index (χ0) is 29.9. The van der Waals surface area contributed by atoms with Crippen molar-refractivity contribution < 1.29 is 0 Å². The van der Waals surface area contributed by atoms with Crippen molar-refractivity contribution in [1.82, 2.24) is 24.9 Å². The molecule has 0 spiro atoms. The lowest BCUT2D eigenvalue weighted by Gasteiger charge is -2.39. The molecule has 0 saturated heterocycles. The third kappa shape index (κ3) is 5.53. The van der Waals surface area contributed by atoms with Crippen LogP contribution in [0.15, 0.2) is 115 Å². The molecule has 0 unspecified atom stereocenters. The van der Waals surface area contributed by atoms with Crippen LogP contribution in [0.4, 0.5) is 0 Å². The van der Waals surface area contributed by atoms with Crippen LogP contribution in [0.5, 0.6) is 0 Å². The lowest BCUT2D eigenvalue weighted by atomic mass is 9.65. The number of aryl methyl sites for hydroxylation is 2. The first kappa shape index (κ1) is 27.8. The van der Waals surface area contributed by atoms with Gasteiger partial charge in [-0.2, -0.15) is 0 Å². The predicted octanol–water partition coefficient (Wildman–Crippen LogP) is 9.20. The standard InChI is InChI=1S/C39H35N5/c1-27-40-28(2)42-37(41-27)32-18-22-34(23-19-32)39(24-10-5-11-25-39)33-20-16-30(17-21-33)36-26-35(29-12-6-3-7-13-29)43-38(44-36)31-14-8-4-9-15-31/h3-4,6-9,12-23,26H,5,10-11,24-25H2,1-2H3. The number of nitrogens with zero attached hydrogens (tertiary/aromatic N) is 5. The quantitative estimate of drug-likeness (QED) is 0.199. The first-order valence-electron chi connectivity index (χ1n) is 15.5. The van der Waals surface area contributed by atoms with Gasteiger partial charge in [0.1, 0.15) is 11.6 Å². The highest BCUT2D eigenvalue weighted by molar-refractivity contribution is 5.72. The van der Waals surface area contributed by atoms with Gasteiger partial charge in [-0.1, -0.05) is 128 Å². The van der Waals surface area contributed by atoms with E-state index in [1.54, 1.807) is 0 Å². The lowest BCUT2D eigenvalue weighted by Crippen LogP contribution is -2.30. The van der Waals surface area contributed by atoms with E-state index in [0.29, 0.717) is 0 Å². The van der Waals surface area contributed by atoms with Crippen LogP contribution in [0, 0.1) is 13.8 Å². The minimum Gasteiger partial charge on any atom is -0.228 e. The zero-order valence-electron chi connectivity index (χ0n) is 25.2. The van der Waals surface area contributed by atoms with Crippen molar-refractivity contribution in [3.8, 4) is 45.3 Å². The minimum absolute atomic E-state index is 0.0175. The van der Waals surface area contributed by atoms with E-state index in [2.05, 4.69) is 106 Å². The summed E-state index contributed by atoms with van der Waals surface area (Å²) in [5.41, 5.74) is 8.75. The molecule has 1 fully saturated rings. The van der Waals surface area contributed by atoms with Crippen LogP contribution in [0.2, 0.25) is 0 Å². The van der Waals surface area contributed by atoms with Crippen LogP contribution >= 0.6 is 0 Å². The highest BCUT2D eigenvalue weighted by Crippen LogP contribution is 2.45. The Kier molecular flexibility index (Phi) is 7.53. The van der Waals surface area contributed by atoms with Gasteiger partial charge in [-0.15, -0.1) is 0 Å². The molecule has 6 aromatic rings. The third-order valence-electron chi connectivity index (χ3n) is 8.82. The molecular formula is C39H35N5. The third-order valence-corrected chi connectivity index (χ3v) is 8.82. The molecule has 1 aliphatic rings. The van der Waals surface area contributed by atoms with Gasteiger partial charge in [-0.25, -0.2) is 24.9 Å². The summed E-state index contributed by atoms with van der Waals surface area (Å²) < 4.78 is 0. The molecule has 5 nitrogen and oxygen atoms in total. The van der Waals surface area contributed by atoms with Crippen LogP contribution < -0.4 is 0 Å². The Morgan fingerprint density at radius 2 is 0.864 bits per heavy atom. The molecule has 44 heavy (non-hydrogen) atoms. The number of aromatic nitrogens is 5. The van der Waals surface area contributed by atoms with E-state index in [9.17, 15) is 0 Å². The summed E-state index contributed by atoms with van der Waals surface area (Å²) in [5.74, 6) is 2.96. The Hall–Kier alpha value is -5.03. The molecule has 1 aliphatic carbocycles. The Morgan fingerprint density at radius 3 is 1.41 bits per heavy atom.